The SMILES string of the molecule is Cc1ccc(NC(=O)CC(NC(N)=O)c2cccs2)c(OCC2CCCO2)c1. The fraction of sp³-hybridized carbons (Fsp3) is 0.400. The smallest absolute Gasteiger partial charge is 0.312 e. The van der Waals surface area contributed by atoms with Crippen molar-refractivity contribution in [3.8, 4) is 5.75 Å². The molecule has 1 aliphatic heterocycles. The molecule has 0 saturated carbocycles. The van der Waals surface area contributed by atoms with Crippen molar-refractivity contribution in [2.24, 2.45) is 5.73 Å². The van der Waals surface area contributed by atoms with E-state index in [2.05, 4.69) is 10.6 Å². The Morgan fingerprint density at radius 3 is 2.93 bits per heavy atom. The number of anilines is 1. The molecule has 4 N–H and O–H groups in total. The maximum Gasteiger partial charge on any atom is 0.312 e. The van der Waals surface area contributed by atoms with E-state index in [-0.39, 0.29) is 18.4 Å². The lowest BCUT2D eigenvalue weighted by molar-refractivity contribution is -0.116. The van der Waals surface area contributed by atoms with Gasteiger partial charge in [0.2, 0.25) is 5.91 Å². The summed E-state index contributed by atoms with van der Waals surface area (Å²) < 4.78 is 11.5. The minimum absolute atomic E-state index is 0.0719. The highest BCUT2D eigenvalue weighted by atomic mass is 32.1. The Morgan fingerprint density at radius 1 is 1.39 bits per heavy atom. The van der Waals surface area contributed by atoms with E-state index in [1.54, 1.807) is 0 Å². The third-order valence-corrected chi connectivity index (χ3v) is 5.44. The molecule has 28 heavy (non-hydrogen) atoms. The van der Waals surface area contributed by atoms with Gasteiger partial charge < -0.3 is 25.8 Å². The van der Waals surface area contributed by atoms with E-state index < -0.39 is 12.1 Å². The van der Waals surface area contributed by atoms with Crippen LogP contribution in [0.3, 0.4) is 0 Å². The summed E-state index contributed by atoms with van der Waals surface area (Å²) in [7, 11) is 0. The number of carbonyl (C=O) groups is 2. The third kappa shape index (κ3) is 5.71. The van der Waals surface area contributed by atoms with Crippen molar-refractivity contribution in [2.75, 3.05) is 18.5 Å². The first-order valence-electron chi connectivity index (χ1n) is 9.25. The quantitative estimate of drug-likeness (QED) is 0.629. The van der Waals surface area contributed by atoms with E-state index in [0.717, 1.165) is 29.9 Å². The van der Waals surface area contributed by atoms with Crippen LogP contribution in [0.2, 0.25) is 0 Å². The molecule has 150 valence electrons. The van der Waals surface area contributed by atoms with E-state index in [9.17, 15) is 9.59 Å². The van der Waals surface area contributed by atoms with Crippen LogP contribution in [-0.4, -0.2) is 31.3 Å². The predicted octanol–water partition coefficient (Wildman–Crippen LogP) is 3.35. The number of primary amides is 1. The molecule has 7 nitrogen and oxygen atoms in total. The Hall–Kier alpha value is -2.58. The van der Waals surface area contributed by atoms with Crippen LogP contribution >= 0.6 is 11.3 Å². The molecule has 1 aromatic carbocycles. The average Bonchev–Trinajstić information content (AvgIpc) is 3.35. The van der Waals surface area contributed by atoms with Crippen LogP contribution < -0.4 is 21.1 Å². The Morgan fingerprint density at radius 2 is 2.25 bits per heavy atom. The zero-order valence-corrected chi connectivity index (χ0v) is 16.6. The number of benzene rings is 1. The van der Waals surface area contributed by atoms with Gasteiger partial charge in [-0.25, -0.2) is 4.79 Å². The molecule has 0 bridgehead atoms. The second kappa shape index (κ2) is 9.57. The molecular weight excluding hydrogens is 378 g/mol. The number of nitrogens with one attached hydrogen (secondary N) is 2. The lowest BCUT2D eigenvalue weighted by Crippen LogP contribution is -2.34. The first-order valence-corrected chi connectivity index (χ1v) is 10.1. The highest BCUT2D eigenvalue weighted by molar-refractivity contribution is 7.10. The molecular formula is C20H25N3O4S. The van der Waals surface area contributed by atoms with Gasteiger partial charge >= 0.3 is 6.03 Å². The first-order chi connectivity index (χ1) is 13.5. The molecule has 2 heterocycles. The molecule has 3 amide bonds. The molecule has 3 rings (SSSR count). The van der Waals surface area contributed by atoms with Crippen LogP contribution in [0.1, 0.15) is 35.7 Å². The average molecular weight is 404 g/mol. The van der Waals surface area contributed by atoms with Gasteiger partial charge in [-0.1, -0.05) is 12.1 Å². The van der Waals surface area contributed by atoms with Crippen molar-refractivity contribution in [1.29, 1.82) is 0 Å². The Bertz CT molecular complexity index is 804. The number of carbonyl (C=O) groups excluding carboxylic acids is 2. The minimum atomic E-state index is -0.665. The topological polar surface area (TPSA) is 103 Å². The van der Waals surface area contributed by atoms with Crippen LogP contribution in [0, 0.1) is 6.92 Å². The van der Waals surface area contributed by atoms with Crippen molar-refractivity contribution in [2.45, 2.75) is 38.3 Å². The highest BCUT2D eigenvalue weighted by Crippen LogP contribution is 2.28. The van der Waals surface area contributed by atoms with E-state index in [1.807, 2.05) is 42.6 Å². The fourth-order valence-electron chi connectivity index (χ4n) is 3.08. The number of rotatable bonds is 8. The van der Waals surface area contributed by atoms with Crippen LogP contribution in [0.5, 0.6) is 5.75 Å². The molecule has 1 aromatic heterocycles. The monoisotopic (exact) mass is 403 g/mol. The van der Waals surface area contributed by atoms with Crippen LogP contribution in [-0.2, 0) is 9.53 Å². The molecule has 1 aliphatic rings. The van der Waals surface area contributed by atoms with Gasteiger partial charge in [0.15, 0.2) is 0 Å². The summed E-state index contributed by atoms with van der Waals surface area (Å²) in [6, 6.07) is 8.21. The van der Waals surface area contributed by atoms with Crippen molar-refractivity contribution in [1.82, 2.24) is 5.32 Å². The van der Waals surface area contributed by atoms with Gasteiger partial charge in [-0.3, -0.25) is 4.79 Å². The summed E-state index contributed by atoms with van der Waals surface area (Å²) in [6.45, 7) is 3.18. The molecule has 1 fully saturated rings. The fourth-order valence-corrected chi connectivity index (χ4v) is 3.86. The van der Waals surface area contributed by atoms with Gasteiger partial charge in [-0.2, -0.15) is 0 Å². The van der Waals surface area contributed by atoms with E-state index in [1.165, 1.54) is 11.3 Å². The van der Waals surface area contributed by atoms with Crippen LogP contribution in [0.4, 0.5) is 10.5 Å². The Labute approximate surface area is 168 Å². The molecule has 0 radical (unpaired) electrons. The molecule has 8 heteroatoms. The maximum atomic E-state index is 12.6. The molecule has 1 saturated heterocycles. The van der Waals surface area contributed by atoms with Crippen LogP contribution in [0.25, 0.3) is 0 Å². The number of hydrogen-bond donors (Lipinski definition) is 3. The summed E-state index contributed by atoms with van der Waals surface area (Å²) in [5.74, 6) is 0.373. The minimum Gasteiger partial charge on any atom is -0.489 e. The molecule has 2 unspecified atom stereocenters. The standard InChI is InChI=1S/C20H25N3O4S/c1-13-6-7-15(17(10-13)27-12-14-4-2-8-26-14)22-19(24)11-16(23-20(21)25)18-5-3-9-28-18/h3,5-7,9-10,14,16H,2,4,8,11-12H2,1H3,(H,22,24)(H3,21,23,25). The summed E-state index contributed by atoms with van der Waals surface area (Å²) in [4.78, 5) is 24.8. The number of aryl methyl sites for hydroxylation is 1. The van der Waals surface area contributed by atoms with Crippen molar-refractivity contribution >= 4 is 29.0 Å². The molecule has 2 aromatic rings. The number of urea groups is 1. The number of amides is 3. The summed E-state index contributed by atoms with van der Waals surface area (Å²) in [5, 5.41) is 7.40. The summed E-state index contributed by atoms with van der Waals surface area (Å²) >= 11 is 1.46. The van der Waals surface area contributed by atoms with Crippen molar-refractivity contribution < 1.29 is 19.1 Å². The zero-order valence-electron chi connectivity index (χ0n) is 15.8. The molecule has 0 aliphatic carbocycles. The van der Waals surface area contributed by atoms with Crippen molar-refractivity contribution in [3.63, 3.8) is 0 Å². The number of nitrogens with two attached hydrogens (primary N) is 1. The third-order valence-electron chi connectivity index (χ3n) is 4.45. The lowest BCUT2D eigenvalue weighted by atomic mass is 10.1. The van der Waals surface area contributed by atoms with Gasteiger partial charge in [0.1, 0.15) is 12.4 Å². The first kappa shape index (κ1) is 20.2. The van der Waals surface area contributed by atoms with Gasteiger partial charge in [0.25, 0.3) is 0 Å². The Kier molecular flexibility index (Phi) is 6.89. The highest BCUT2D eigenvalue weighted by Gasteiger charge is 2.20. The predicted molar refractivity (Wildman–Crippen MR) is 109 cm³/mol. The van der Waals surface area contributed by atoms with E-state index in [0.29, 0.717) is 18.0 Å². The second-order valence-corrected chi connectivity index (χ2v) is 7.75. The Balaban J connectivity index is 1.65. The van der Waals surface area contributed by atoms with E-state index in [4.69, 9.17) is 15.2 Å². The van der Waals surface area contributed by atoms with Crippen LogP contribution in [0.15, 0.2) is 35.7 Å². The molecule has 2 atom stereocenters. The number of hydrogen-bond acceptors (Lipinski definition) is 5. The zero-order chi connectivity index (χ0) is 19.9. The molecule has 0 spiro atoms. The van der Waals surface area contributed by atoms with Gasteiger partial charge in [-0.15, -0.1) is 11.3 Å². The summed E-state index contributed by atoms with van der Waals surface area (Å²) in [5.41, 5.74) is 6.89. The lowest BCUT2D eigenvalue weighted by Gasteiger charge is -2.18. The largest absolute Gasteiger partial charge is 0.489 e. The maximum absolute atomic E-state index is 12.6. The second-order valence-electron chi connectivity index (χ2n) is 6.77. The van der Waals surface area contributed by atoms with Crippen molar-refractivity contribution in [3.05, 3.63) is 46.2 Å². The van der Waals surface area contributed by atoms with Gasteiger partial charge in [0.05, 0.1) is 24.3 Å². The van der Waals surface area contributed by atoms with Gasteiger partial charge in [-0.05, 0) is 48.9 Å². The summed E-state index contributed by atoms with van der Waals surface area (Å²) in [6.07, 6.45) is 2.19. The van der Waals surface area contributed by atoms with Gasteiger partial charge in [0, 0.05) is 11.5 Å². The number of thiophene rings is 1. The van der Waals surface area contributed by atoms with E-state index >= 15 is 0 Å². The normalized spacial score (nSPS) is 17.1. The number of ether oxygens (including phenoxy) is 2.